The Bertz CT molecular complexity index is 1110. The summed E-state index contributed by atoms with van der Waals surface area (Å²) in [5.41, 5.74) is 0.670. The van der Waals surface area contributed by atoms with E-state index in [0.717, 1.165) is 35.5 Å². The Labute approximate surface area is 192 Å². The number of hydrogen-bond acceptors (Lipinski definition) is 7. The Morgan fingerprint density at radius 2 is 1.85 bits per heavy atom. The lowest BCUT2D eigenvalue weighted by molar-refractivity contribution is -0.119. The van der Waals surface area contributed by atoms with Gasteiger partial charge >= 0.3 is 6.09 Å². The third kappa shape index (κ3) is 4.19. The van der Waals surface area contributed by atoms with E-state index in [0.29, 0.717) is 25.3 Å². The van der Waals surface area contributed by atoms with Crippen molar-refractivity contribution in [3.8, 4) is 17.4 Å². The van der Waals surface area contributed by atoms with Crippen molar-refractivity contribution in [3.05, 3.63) is 35.7 Å². The Morgan fingerprint density at radius 3 is 2.45 bits per heavy atom. The molecule has 9 heteroatoms. The van der Waals surface area contributed by atoms with Crippen LogP contribution in [0.1, 0.15) is 57.6 Å². The van der Waals surface area contributed by atoms with E-state index in [1.54, 1.807) is 20.8 Å². The molecule has 1 aliphatic heterocycles. The first-order chi connectivity index (χ1) is 15.6. The van der Waals surface area contributed by atoms with Gasteiger partial charge in [-0.1, -0.05) is 6.07 Å². The molecule has 0 radical (unpaired) electrons. The second-order valence-corrected chi connectivity index (χ2v) is 10.2. The van der Waals surface area contributed by atoms with E-state index in [2.05, 4.69) is 20.6 Å². The van der Waals surface area contributed by atoms with Crippen molar-refractivity contribution < 1.29 is 23.8 Å². The average Bonchev–Trinajstić information content (AvgIpc) is 3.63. The largest absolute Gasteiger partial charge is 0.492 e. The molecule has 1 aromatic heterocycles. The highest BCUT2D eigenvalue weighted by Gasteiger charge is 2.53. The van der Waals surface area contributed by atoms with E-state index in [9.17, 15) is 9.59 Å². The number of benzene rings is 1. The zero-order valence-electron chi connectivity index (χ0n) is 19.3. The first-order valence-electron chi connectivity index (χ1n) is 11.2. The third-order valence-corrected chi connectivity index (χ3v) is 6.20. The first kappa shape index (κ1) is 21.5. The second kappa shape index (κ2) is 7.33. The molecule has 2 amide bonds. The van der Waals surface area contributed by atoms with Crippen molar-refractivity contribution in [1.29, 1.82) is 0 Å². The number of alkyl carbamates (subject to hydrolysis) is 1. The fourth-order valence-electron chi connectivity index (χ4n) is 4.08. The van der Waals surface area contributed by atoms with Gasteiger partial charge in [0.2, 0.25) is 5.88 Å². The number of anilines is 1. The number of nitrogens with one attached hydrogen (secondary N) is 2. The standard InChI is InChI=1S/C24H28N4O5/c1-14-5-6-15(18-19(14)31-13-23(18)7-8-23)32-17-12-25-16(11-26-17)27-20(29)24(9-10-24)28-21(30)33-22(2,3)4/h5-6,11-12H,7-10,13H2,1-4H3,(H,28,30)(H,25,27,29). The molecule has 0 unspecified atom stereocenters. The maximum absolute atomic E-state index is 12.7. The lowest BCUT2D eigenvalue weighted by Crippen LogP contribution is -2.48. The monoisotopic (exact) mass is 452 g/mol. The number of carbonyl (C=O) groups is 2. The molecule has 2 aromatic rings. The van der Waals surface area contributed by atoms with E-state index < -0.39 is 17.2 Å². The number of aryl methyl sites for hydroxylation is 1. The van der Waals surface area contributed by atoms with Crippen molar-refractivity contribution in [2.24, 2.45) is 0 Å². The fourth-order valence-corrected chi connectivity index (χ4v) is 4.08. The van der Waals surface area contributed by atoms with Crippen LogP contribution in [0.2, 0.25) is 0 Å². The van der Waals surface area contributed by atoms with Crippen LogP contribution in [-0.2, 0) is 14.9 Å². The summed E-state index contributed by atoms with van der Waals surface area (Å²) in [5.74, 6) is 1.90. The van der Waals surface area contributed by atoms with Crippen LogP contribution in [0, 0.1) is 6.92 Å². The van der Waals surface area contributed by atoms with Crippen molar-refractivity contribution >= 4 is 17.8 Å². The fraction of sp³-hybridized carbons (Fsp3) is 0.500. The minimum absolute atomic E-state index is 0.0672. The van der Waals surface area contributed by atoms with Gasteiger partial charge in [-0.2, -0.15) is 0 Å². The average molecular weight is 453 g/mol. The molecule has 2 fully saturated rings. The molecule has 5 rings (SSSR count). The lowest BCUT2D eigenvalue weighted by Gasteiger charge is -2.23. The molecule has 0 bridgehead atoms. The van der Waals surface area contributed by atoms with E-state index in [-0.39, 0.29) is 17.1 Å². The topological polar surface area (TPSA) is 112 Å². The van der Waals surface area contributed by atoms with Gasteiger partial charge in [0, 0.05) is 11.0 Å². The van der Waals surface area contributed by atoms with Gasteiger partial charge in [-0.25, -0.2) is 14.8 Å². The van der Waals surface area contributed by atoms with Gasteiger partial charge in [0.15, 0.2) is 5.82 Å². The van der Waals surface area contributed by atoms with Crippen LogP contribution in [0.4, 0.5) is 10.6 Å². The van der Waals surface area contributed by atoms with Crippen molar-refractivity contribution in [1.82, 2.24) is 15.3 Å². The number of ether oxygens (including phenoxy) is 3. The molecular formula is C24H28N4O5. The van der Waals surface area contributed by atoms with Crippen molar-refractivity contribution in [2.45, 2.75) is 69.9 Å². The number of aromatic nitrogens is 2. The number of fused-ring (bicyclic) bond motifs is 2. The van der Waals surface area contributed by atoms with Gasteiger partial charge < -0.3 is 24.8 Å². The third-order valence-electron chi connectivity index (χ3n) is 6.20. The highest BCUT2D eigenvalue weighted by Crippen LogP contribution is 2.59. The number of hydrogen-bond donors (Lipinski definition) is 2. The maximum atomic E-state index is 12.7. The zero-order chi connectivity index (χ0) is 23.4. The summed E-state index contributed by atoms with van der Waals surface area (Å²) in [5, 5.41) is 5.39. The number of carbonyl (C=O) groups excluding carboxylic acids is 2. The number of amides is 2. The predicted octanol–water partition coefficient (Wildman–Crippen LogP) is 4.00. The van der Waals surface area contributed by atoms with Crippen LogP contribution >= 0.6 is 0 Å². The molecule has 174 valence electrons. The Morgan fingerprint density at radius 1 is 1.09 bits per heavy atom. The maximum Gasteiger partial charge on any atom is 0.408 e. The first-order valence-corrected chi connectivity index (χ1v) is 11.2. The summed E-state index contributed by atoms with van der Waals surface area (Å²) in [7, 11) is 0. The van der Waals surface area contributed by atoms with Gasteiger partial charge in [-0.15, -0.1) is 0 Å². The predicted molar refractivity (Wildman–Crippen MR) is 120 cm³/mol. The Kier molecular flexibility index (Phi) is 4.77. The van der Waals surface area contributed by atoms with Crippen LogP contribution in [0.15, 0.2) is 24.5 Å². The molecule has 0 atom stereocenters. The zero-order valence-corrected chi connectivity index (χ0v) is 19.3. The minimum atomic E-state index is -0.972. The summed E-state index contributed by atoms with van der Waals surface area (Å²) >= 11 is 0. The summed E-state index contributed by atoms with van der Waals surface area (Å²) in [6.07, 6.45) is 5.55. The highest BCUT2D eigenvalue weighted by molar-refractivity contribution is 6.01. The molecule has 9 nitrogen and oxygen atoms in total. The van der Waals surface area contributed by atoms with Crippen LogP contribution in [0.25, 0.3) is 0 Å². The summed E-state index contributed by atoms with van der Waals surface area (Å²) in [6.45, 7) is 8.04. The summed E-state index contributed by atoms with van der Waals surface area (Å²) in [6, 6.07) is 3.92. The molecule has 2 heterocycles. The number of nitrogens with zero attached hydrogens (tertiary/aromatic N) is 2. The molecule has 2 saturated carbocycles. The van der Waals surface area contributed by atoms with Gasteiger partial charge in [0.05, 0.1) is 19.0 Å². The number of rotatable bonds is 5. The molecule has 33 heavy (non-hydrogen) atoms. The van der Waals surface area contributed by atoms with Crippen molar-refractivity contribution in [3.63, 3.8) is 0 Å². The molecule has 3 aliphatic rings. The lowest BCUT2D eigenvalue weighted by atomic mass is 9.95. The van der Waals surface area contributed by atoms with Gasteiger partial charge in [0.1, 0.15) is 22.6 Å². The summed E-state index contributed by atoms with van der Waals surface area (Å²) in [4.78, 5) is 33.4. The summed E-state index contributed by atoms with van der Waals surface area (Å²) < 4.78 is 17.2. The normalized spacial score (nSPS) is 18.7. The molecular weight excluding hydrogens is 424 g/mol. The van der Waals surface area contributed by atoms with Gasteiger partial charge in [0.25, 0.3) is 5.91 Å². The van der Waals surface area contributed by atoms with E-state index in [4.69, 9.17) is 14.2 Å². The molecule has 0 saturated heterocycles. The quantitative estimate of drug-likeness (QED) is 0.705. The van der Waals surface area contributed by atoms with Crippen molar-refractivity contribution in [2.75, 3.05) is 11.9 Å². The SMILES string of the molecule is Cc1ccc(Oc2cnc(NC(=O)C3(NC(=O)OC(C)(C)C)CC3)cn2)c2c1OCC21CC1. The molecule has 2 N–H and O–H groups in total. The van der Waals surface area contributed by atoms with Crippen LogP contribution in [0.3, 0.4) is 0 Å². The smallest absolute Gasteiger partial charge is 0.408 e. The van der Waals surface area contributed by atoms with Crippen LogP contribution in [-0.4, -0.2) is 39.7 Å². The second-order valence-electron chi connectivity index (χ2n) is 10.2. The van der Waals surface area contributed by atoms with Crippen LogP contribution < -0.4 is 20.1 Å². The molecule has 1 spiro atoms. The van der Waals surface area contributed by atoms with E-state index in [1.165, 1.54) is 12.4 Å². The molecule has 1 aromatic carbocycles. The minimum Gasteiger partial charge on any atom is -0.492 e. The molecule has 2 aliphatic carbocycles. The highest BCUT2D eigenvalue weighted by atomic mass is 16.6. The Hall–Kier alpha value is -3.36. The van der Waals surface area contributed by atoms with Gasteiger partial charge in [-0.05, 0) is 65.0 Å². The van der Waals surface area contributed by atoms with Gasteiger partial charge in [-0.3, -0.25) is 4.79 Å². The Balaban J connectivity index is 1.24. The van der Waals surface area contributed by atoms with E-state index in [1.807, 2.05) is 19.1 Å². The van der Waals surface area contributed by atoms with E-state index >= 15 is 0 Å². The van der Waals surface area contributed by atoms with Crippen LogP contribution in [0.5, 0.6) is 17.4 Å².